The van der Waals surface area contributed by atoms with E-state index >= 15 is 0 Å². The second kappa shape index (κ2) is 10.1. The Labute approximate surface area is 183 Å². The lowest BCUT2D eigenvalue weighted by Gasteiger charge is -2.17. The molecule has 1 amide bonds. The molecule has 0 aliphatic carbocycles. The fourth-order valence-electron chi connectivity index (χ4n) is 3.14. The lowest BCUT2D eigenvalue weighted by atomic mass is 10.1. The van der Waals surface area contributed by atoms with Gasteiger partial charge >= 0.3 is 0 Å². The normalized spacial score (nSPS) is 11.8. The fraction of sp³-hybridized carbons (Fsp3) is 0.280. The molecule has 1 aromatic heterocycles. The summed E-state index contributed by atoms with van der Waals surface area (Å²) in [5, 5.41) is 2.91. The van der Waals surface area contributed by atoms with Gasteiger partial charge in [0, 0.05) is 11.8 Å². The zero-order valence-electron chi connectivity index (χ0n) is 18.5. The van der Waals surface area contributed by atoms with Crippen molar-refractivity contribution in [3.63, 3.8) is 0 Å². The van der Waals surface area contributed by atoms with Gasteiger partial charge < -0.3 is 19.5 Å². The summed E-state index contributed by atoms with van der Waals surface area (Å²) in [4.78, 5) is 17.4. The molecule has 3 rings (SSSR count). The molecular formula is C25H28N2O4. The average Bonchev–Trinajstić information content (AvgIpc) is 2.74. The largest absolute Gasteiger partial charge is 0.497 e. The molecule has 6 nitrogen and oxygen atoms in total. The second-order valence-electron chi connectivity index (χ2n) is 7.46. The summed E-state index contributed by atoms with van der Waals surface area (Å²) in [6, 6.07) is 18.2. The third-order valence-electron chi connectivity index (χ3n) is 4.63. The molecule has 31 heavy (non-hydrogen) atoms. The quantitative estimate of drug-likeness (QED) is 0.489. The van der Waals surface area contributed by atoms with Gasteiger partial charge in [-0.05, 0) is 76.2 Å². The summed E-state index contributed by atoms with van der Waals surface area (Å²) < 4.78 is 16.8. The van der Waals surface area contributed by atoms with E-state index in [2.05, 4.69) is 10.3 Å². The number of amides is 1. The van der Waals surface area contributed by atoms with E-state index in [0.29, 0.717) is 28.4 Å². The molecule has 1 heterocycles. The Hall–Kier alpha value is -3.38. The smallest absolute Gasteiger partial charge is 0.257 e. The van der Waals surface area contributed by atoms with Crippen LogP contribution in [-0.2, 0) is 4.74 Å². The third-order valence-corrected chi connectivity index (χ3v) is 4.63. The summed E-state index contributed by atoms with van der Waals surface area (Å²) in [7, 11) is 1.62. The first-order valence-corrected chi connectivity index (χ1v) is 10.2. The maximum atomic E-state index is 12.8. The Morgan fingerprint density at radius 2 is 1.65 bits per heavy atom. The Balaban J connectivity index is 1.69. The summed E-state index contributed by atoms with van der Waals surface area (Å²) in [6.45, 7) is 7.74. The van der Waals surface area contributed by atoms with E-state index in [1.54, 1.807) is 19.2 Å². The van der Waals surface area contributed by atoms with Gasteiger partial charge in [0.1, 0.15) is 17.2 Å². The zero-order chi connectivity index (χ0) is 22.4. The number of carbonyl (C=O) groups is 1. The van der Waals surface area contributed by atoms with Crippen LogP contribution in [0.4, 0.5) is 5.69 Å². The first-order chi connectivity index (χ1) is 14.9. The van der Waals surface area contributed by atoms with Crippen LogP contribution in [0.3, 0.4) is 0 Å². The van der Waals surface area contributed by atoms with Crippen molar-refractivity contribution >= 4 is 11.6 Å². The predicted octanol–water partition coefficient (Wildman–Crippen LogP) is 5.93. The van der Waals surface area contributed by atoms with Crippen molar-refractivity contribution in [2.24, 2.45) is 0 Å². The number of aromatic nitrogens is 1. The molecule has 0 fully saturated rings. The van der Waals surface area contributed by atoms with Crippen molar-refractivity contribution in [2.45, 2.75) is 39.9 Å². The number of rotatable bonds is 8. The van der Waals surface area contributed by atoms with Gasteiger partial charge in [0.05, 0.1) is 36.3 Å². The fourth-order valence-corrected chi connectivity index (χ4v) is 3.14. The Morgan fingerprint density at radius 1 is 0.935 bits per heavy atom. The SMILES string of the molecule is COc1ccc(Oc2cccc(NC(=O)c3ccc(C(C)OC(C)C)nc3C)c2)cc1. The molecule has 1 N–H and O–H groups in total. The number of anilines is 1. The van der Waals surface area contributed by atoms with Crippen LogP contribution in [0.25, 0.3) is 0 Å². The van der Waals surface area contributed by atoms with E-state index < -0.39 is 0 Å². The van der Waals surface area contributed by atoms with Crippen LogP contribution in [0, 0.1) is 6.92 Å². The van der Waals surface area contributed by atoms with Gasteiger partial charge in [0.2, 0.25) is 0 Å². The number of hydrogen-bond acceptors (Lipinski definition) is 5. The Kier molecular flexibility index (Phi) is 7.26. The Morgan fingerprint density at radius 3 is 2.29 bits per heavy atom. The number of pyridine rings is 1. The number of aryl methyl sites for hydroxylation is 1. The lowest BCUT2D eigenvalue weighted by molar-refractivity contribution is 0.0154. The number of methoxy groups -OCH3 is 1. The van der Waals surface area contributed by atoms with Gasteiger partial charge in [-0.1, -0.05) is 6.07 Å². The van der Waals surface area contributed by atoms with Gasteiger partial charge in [0.25, 0.3) is 5.91 Å². The highest BCUT2D eigenvalue weighted by atomic mass is 16.5. The van der Waals surface area contributed by atoms with Crippen molar-refractivity contribution in [1.29, 1.82) is 0 Å². The van der Waals surface area contributed by atoms with Crippen molar-refractivity contribution < 1.29 is 19.0 Å². The van der Waals surface area contributed by atoms with Crippen LogP contribution in [0.1, 0.15) is 48.6 Å². The van der Waals surface area contributed by atoms with Gasteiger partial charge in [-0.15, -0.1) is 0 Å². The number of nitrogens with one attached hydrogen (secondary N) is 1. The number of nitrogens with zero attached hydrogens (tertiary/aromatic N) is 1. The van der Waals surface area contributed by atoms with E-state index in [0.717, 1.165) is 11.4 Å². The van der Waals surface area contributed by atoms with Gasteiger partial charge in [0.15, 0.2) is 0 Å². The monoisotopic (exact) mass is 420 g/mol. The molecule has 0 saturated heterocycles. The van der Waals surface area contributed by atoms with Crippen molar-refractivity contribution in [2.75, 3.05) is 12.4 Å². The lowest BCUT2D eigenvalue weighted by Crippen LogP contribution is -2.16. The van der Waals surface area contributed by atoms with Crippen LogP contribution in [0.15, 0.2) is 60.7 Å². The predicted molar refractivity (Wildman–Crippen MR) is 121 cm³/mol. The van der Waals surface area contributed by atoms with Crippen LogP contribution < -0.4 is 14.8 Å². The standard InChI is InChI=1S/C25H28N2O4/c1-16(2)30-18(4)24-14-13-23(17(3)26-24)25(28)27-19-7-6-8-22(15-19)31-21-11-9-20(29-5)10-12-21/h6-16,18H,1-5H3,(H,27,28). The molecule has 0 bridgehead atoms. The van der Waals surface area contributed by atoms with Crippen LogP contribution >= 0.6 is 0 Å². The first-order valence-electron chi connectivity index (χ1n) is 10.2. The molecular weight excluding hydrogens is 392 g/mol. The number of benzene rings is 2. The molecule has 1 atom stereocenters. The first kappa shape index (κ1) is 22.3. The average molecular weight is 421 g/mol. The molecule has 162 valence electrons. The van der Waals surface area contributed by atoms with E-state index in [9.17, 15) is 4.79 Å². The molecule has 1 unspecified atom stereocenters. The van der Waals surface area contributed by atoms with Crippen LogP contribution in [-0.4, -0.2) is 24.1 Å². The minimum absolute atomic E-state index is 0.104. The highest BCUT2D eigenvalue weighted by Gasteiger charge is 2.15. The van der Waals surface area contributed by atoms with Crippen LogP contribution in [0.5, 0.6) is 17.2 Å². The Bertz CT molecular complexity index is 1030. The summed E-state index contributed by atoms with van der Waals surface area (Å²) in [5.41, 5.74) is 2.61. The second-order valence-corrected chi connectivity index (χ2v) is 7.46. The topological polar surface area (TPSA) is 69.7 Å². The van der Waals surface area contributed by atoms with Gasteiger partial charge in [-0.3, -0.25) is 9.78 Å². The summed E-state index contributed by atoms with van der Waals surface area (Å²) in [6.07, 6.45) is -0.0323. The molecule has 3 aromatic rings. The van der Waals surface area contributed by atoms with E-state index in [-0.39, 0.29) is 18.1 Å². The van der Waals surface area contributed by atoms with E-state index in [1.165, 1.54) is 0 Å². The zero-order valence-corrected chi connectivity index (χ0v) is 18.5. The van der Waals surface area contributed by atoms with Crippen molar-refractivity contribution in [3.8, 4) is 17.2 Å². The molecule has 0 radical (unpaired) electrons. The molecule has 0 spiro atoms. The molecule has 2 aromatic carbocycles. The van der Waals surface area contributed by atoms with Crippen molar-refractivity contribution in [1.82, 2.24) is 4.98 Å². The third kappa shape index (κ3) is 6.06. The van der Waals surface area contributed by atoms with E-state index in [4.69, 9.17) is 14.2 Å². The number of carbonyl (C=O) groups excluding carboxylic acids is 1. The maximum Gasteiger partial charge on any atom is 0.257 e. The van der Waals surface area contributed by atoms with Gasteiger partial charge in [-0.25, -0.2) is 0 Å². The number of ether oxygens (including phenoxy) is 3. The molecule has 0 saturated carbocycles. The summed E-state index contributed by atoms with van der Waals surface area (Å²) >= 11 is 0. The molecule has 0 aliphatic heterocycles. The number of hydrogen-bond donors (Lipinski definition) is 1. The van der Waals surface area contributed by atoms with Crippen LogP contribution in [0.2, 0.25) is 0 Å². The van der Waals surface area contributed by atoms with Gasteiger partial charge in [-0.2, -0.15) is 0 Å². The highest BCUT2D eigenvalue weighted by Crippen LogP contribution is 2.26. The highest BCUT2D eigenvalue weighted by molar-refractivity contribution is 6.05. The molecule has 6 heteroatoms. The maximum absolute atomic E-state index is 12.8. The van der Waals surface area contributed by atoms with Crippen molar-refractivity contribution in [3.05, 3.63) is 77.6 Å². The minimum Gasteiger partial charge on any atom is -0.497 e. The molecule has 0 aliphatic rings. The summed E-state index contributed by atoms with van der Waals surface area (Å²) in [5.74, 6) is 1.83. The minimum atomic E-state index is -0.226. The van der Waals surface area contributed by atoms with E-state index in [1.807, 2.05) is 76.2 Å².